The number of thiazole rings is 1. The average molecular weight is 392 g/mol. The van der Waals surface area contributed by atoms with Crippen LogP contribution in [0.5, 0.6) is 5.75 Å². The van der Waals surface area contributed by atoms with Crippen molar-refractivity contribution in [3.8, 4) is 5.75 Å². The maximum atomic E-state index is 11.9. The van der Waals surface area contributed by atoms with Crippen LogP contribution in [0.3, 0.4) is 0 Å². The fourth-order valence-electron chi connectivity index (χ4n) is 3.38. The lowest BCUT2D eigenvalue weighted by Crippen LogP contribution is -2.34. The van der Waals surface area contributed by atoms with Crippen LogP contribution in [0.1, 0.15) is 18.4 Å². The molecule has 2 aromatic carbocycles. The zero-order valence-electron chi connectivity index (χ0n) is 13.5. The van der Waals surface area contributed by atoms with E-state index in [1.165, 1.54) is 5.56 Å². The minimum absolute atomic E-state index is 0.00880. The molecule has 0 aliphatic carbocycles. The molecule has 4 rings (SSSR count). The largest absolute Gasteiger partial charge is 0.348 e. The first-order valence-corrected chi connectivity index (χ1v) is 9.93. The summed E-state index contributed by atoms with van der Waals surface area (Å²) >= 11 is 13.7. The number of rotatable bonds is 3. The predicted octanol–water partition coefficient (Wildman–Crippen LogP) is 6.21. The van der Waals surface area contributed by atoms with Gasteiger partial charge in [0.1, 0.15) is 5.52 Å². The van der Waals surface area contributed by atoms with Crippen LogP contribution in [0.2, 0.25) is 10.0 Å². The molecule has 0 unspecified atom stereocenters. The standard InChI is InChI=1S/C19H17Cl2N2OS/c20-14-5-4-13(11-15(14)21)10-12-6-8-23(9-7-12)19-22-18-16(24)2-1-3-17(18)25-19/h1-5,11-12H,6-10H2. The molecule has 0 N–H and O–H groups in total. The summed E-state index contributed by atoms with van der Waals surface area (Å²) < 4.78 is 0.973. The van der Waals surface area contributed by atoms with Gasteiger partial charge in [0, 0.05) is 13.1 Å². The van der Waals surface area contributed by atoms with E-state index in [0.717, 1.165) is 42.2 Å². The number of piperidine rings is 1. The van der Waals surface area contributed by atoms with Crippen LogP contribution in [-0.2, 0) is 11.5 Å². The summed E-state index contributed by atoms with van der Waals surface area (Å²) in [4.78, 5) is 6.87. The predicted molar refractivity (Wildman–Crippen MR) is 105 cm³/mol. The van der Waals surface area contributed by atoms with Crippen molar-refractivity contribution in [2.45, 2.75) is 19.3 Å². The van der Waals surface area contributed by atoms with Crippen molar-refractivity contribution in [3.05, 3.63) is 52.0 Å². The highest BCUT2D eigenvalue weighted by atomic mass is 35.5. The van der Waals surface area contributed by atoms with Crippen molar-refractivity contribution in [3.63, 3.8) is 0 Å². The molecule has 1 radical (unpaired) electrons. The van der Waals surface area contributed by atoms with E-state index in [1.807, 2.05) is 18.2 Å². The summed E-state index contributed by atoms with van der Waals surface area (Å²) in [6.07, 6.45) is 3.25. The van der Waals surface area contributed by atoms with E-state index in [4.69, 9.17) is 23.2 Å². The number of nitrogens with zero attached hydrogens (tertiary/aromatic N) is 2. The Kier molecular flexibility index (Phi) is 4.76. The molecule has 3 aromatic rings. The van der Waals surface area contributed by atoms with Crippen LogP contribution in [0.15, 0.2) is 36.4 Å². The van der Waals surface area contributed by atoms with Crippen molar-refractivity contribution in [2.24, 2.45) is 5.92 Å². The third-order valence-corrected chi connectivity index (χ3v) is 6.58. The fourth-order valence-corrected chi connectivity index (χ4v) is 4.73. The van der Waals surface area contributed by atoms with Crippen LogP contribution in [-0.4, -0.2) is 18.1 Å². The van der Waals surface area contributed by atoms with Gasteiger partial charge in [0.05, 0.1) is 14.7 Å². The van der Waals surface area contributed by atoms with Crippen molar-refractivity contribution in [2.75, 3.05) is 18.0 Å². The molecule has 1 fully saturated rings. The summed E-state index contributed by atoms with van der Waals surface area (Å²) in [5, 5.41) is 14.1. The van der Waals surface area contributed by atoms with Crippen molar-refractivity contribution in [1.29, 1.82) is 0 Å². The van der Waals surface area contributed by atoms with E-state index in [1.54, 1.807) is 23.5 Å². The molecule has 129 valence electrons. The number of para-hydroxylation sites is 1. The summed E-state index contributed by atoms with van der Waals surface area (Å²) in [6.45, 7) is 1.94. The van der Waals surface area contributed by atoms with Crippen LogP contribution < -0.4 is 4.90 Å². The first-order chi connectivity index (χ1) is 12.1. The lowest BCUT2D eigenvalue weighted by Gasteiger charge is -2.31. The van der Waals surface area contributed by atoms with Gasteiger partial charge >= 0.3 is 0 Å². The lowest BCUT2D eigenvalue weighted by atomic mass is 9.90. The maximum Gasteiger partial charge on any atom is 0.205 e. The Bertz CT molecular complexity index is 904. The van der Waals surface area contributed by atoms with Gasteiger partial charge in [-0.05, 0) is 55.0 Å². The summed E-state index contributed by atoms with van der Waals surface area (Å²) in [5.41, 5.74) is 1.84. The van der Waals surface area contributed by atoms with Gasteiger partial charge in [-0.2, -0.15) is 0 Å². The van der Waals surface area contributed by atoms with Gasteiger partial charge in [-0.25, -0.2) is 4.98 Å². The van der Waals surface area contributed by atoms with Crippen molar-refractivity contribution < 1.29 is 5.11 Å². The lowest BCUT2D eigenvalue weighted by molar-refractivity contribution is 0.359. The Morgan fingerprint density at radius 3 is 2.64 bits per heavy atom. The van der Waals surface area contributed by atoms with E-state index in [9.17, 15) is 5.11 Å². The summed E-state index contributed by atoms with van der Waals surface area (Å²) in [6, 6.07) is 11.2. The molecular formula is C19H17Cl2N2OS. The topological polar surface area (TPSA) is 36.0 Å². The molecule has 3 nitrogen and oxygen atoms in total. The minimum atomic E-state index is 0.00880. The Morgan fingerprint density at radius 1 is 1.12 bits per heavy atom. The molecule has 0 amide bonds. The van der Waals surface area contributed by atoms with Gasteiger partial charge in [-0.3, -0.25) is 5.11 Å². The van der Waals surface area contributed by atoms with E-state index >= 15 is 0 Å². The Labute approximate surface area is 160 Å². The highest BCUT2D eigenvalue weighted by molar-refractivity contribution is 7.22. The third-order valence-electron chi connectivity index (χ3n) is 4.76. The number of hydrogen-bond acceptors (Lipinski definition) is 3. The van der Waals surface area contributed by atoms with Crippen LogP contribution in [0, 0.1) is 5.92 Å². The Balaban J connectivity index is 1.42. The van der Waals surface area contributed by atoms with Crippen LogP contribution >= 0.6 is 34.5 Å². The first-order valence-electron chi connectivity index (χ1n) is 8.35. The monoisotopic (exact) mass is 391 g/mol. The molecule has 1 aliphatic heterocycles. The van der Waals surface area contributed by atoms with Gasteiger partial charge in [0.2, 0.25) is 5.75 Å². The van der Waals surface area contributed by atoms with E-state index in [-0.39, 0.29) is 5.75 Å². The van der Waals surface area contributed by atoms with Crippen molar-refractivity contribution in [1.82, 2.24) is 4.98 Å². The quantitative estimate of drug-likeness (QED) is 0.532. The molecule has 1 aromatic heterocycles. The molecule has 1 aliphatic rings. The molecule has 6 heteroatoms. The Hall–Kier alpha value is -1.49. The second-order valence-corrected chi connectivity index (χ2v) is 8.31. The maximum absolute atomic E-state index is 11.9. The number of fused-ring (bicyclic) bond motifs is 1. The van der Waals surface area contributed by atoms with Gasteiger partial charge in [-0.1, -0.05) is 46.7 Å². The molecule has 0 saturated carbocycles. The van der Waals surface area contributed by atoms with Gasteiger partial charge < -0.3 is 4.90 Å². The second kappa shape index (κ2) is 7.02. The van der Waals surface area contributed by atoms with Crippen LogP contribution in [0.25, 0.3) is 10.2 Å². The SMILES string of the molecule is [O]c1cccc2sc(N3CCC(Cc4ccc(Cl)c(Cl)c4)CC3)nc12. The molecule has 2 heterocycles. The van der Waals surface area contributed by atoms with Gasteiger partial charge in [0.25, 0.3) is 0 Å². The smallest absolute Gasteiger partial charge is 0.205 e. The highest BCUT2D eigenvalue weighted by Gasteiger charge is 2.22. The second-order valence-electron chi connectivity index (χ2n) is 6.48. The molecule has 0 atom stereocenters. The zero-order valence-corrected chi connectivity index (χ0v) is 15.9. The number of halogens is 2. The number of aromatic nitrogens is 1. The average Bonchev–Trinajstić information content (AvgIpc) is 3.05. The zero-order chi connectivity index (χ0) is 17.4. The minimum Gasteiger partial charge on any atom is -0.348 e. The summed E-state index contributed by atoms with van der Waals surface area (Å²) in [7, 11) is 0. The van der Waals surface area contributed by atoms with Gasteiger partial charge in [0.15, 0.2) is 5.13 Å². The molecule has 25 heavy (non-hydrogen) atoms. The van der Waals surface area contributed by atoms with E-state index in [0.29, 0.717) is 21.5 Å². The number of benzene rings is 2. The summed E-state index contributed by atoms with van der Waals surface area (Å²) in [5.74, 6) is 0.646. The molecule has 0 bridgehead atoms. The Morgan fingerprint density at radius 2 is 1.92 bits per heavy atom. The van der Waals surface area contributed by atoms with Crippen molar-refractivity contribution >= 4 is 49.9 Å². The van der Waals surface area contributed by atoms with Crippen LogP contribution in [0.4, 0.5) is 5.13 Å². The van der Waals surface area contributed by atoms with E-state index in [2.05, 4.69) is 16.0 Å². The number of anilines is 1. The molecule has 0 spiro atoms. The fraction of sp³-hybridized carbons (Fsp3) is 0.316. The normalized spacial score (nSPS) is 15.8. The molecule has 1 saturated heterocycles. The number of hydrogen-bond donors (Lipinski definition) is 0. The highest BCUT2D eigenvalue weighted by Crippen LogP contribution is 2.36. The van der Waals surface area contributed by atoms with Gasteiger partial charge in [-0.15, -0.1) is 0 Å². The van der Waals surface area contributed by atoms with E-state index < -0.39 is 0 Å². The molecular weight excluding hydrogens is 375 g/mol. The first kappa shape index (κ1) is 17.0. The third kappa shape index (κ3) is 3.57.